The molecule has 0 heterocycles. The Bertz CT molecular complexity index is 612. The normalized spacial score (nSPS) is 12.6. The Morgan fingerprint density at radius 3 is 2.84 bits per heavy atom. The van der Waals surface area contributed by atoms with Crippen molar-refractivity contribution in [3.8, 4) is 5.75 Å². The first-order chi connectivity index (χ1) is 12.1. The zero-order valence-corrected chi connectivity index (χ0v) is 14.9. The van der Waals surface area contributed by atoms with Crippen LogP contribution in [-0.4, -0.2) is 37.6 Å². The fraction of sp³-hybridized carbons (Fsp3) is 0.368. The van der Waals surface area contributed by atoms with Gasteiger partial charge < -0.3 is 20.5 Å². The van der Waals surface area contributed by atoms with Crippen LogP contribution in [0.15, 0.2) is 53.8 Å². The van der Waals surface area contributed by atoms with Gasteiger partial charge in [-0.2, -0.15) is 0 Å². The van der Waals surface area contributed by atoms with Crippen LogP contribution in [0.4, 0.5) is 0 Å². The van der Waals surface area contributed by atoms with E-state index >= 15 is 0 Å². The van der Waals surface area contributed by atoms with Gasteiger partial charge in [0.1, 0.15) is 11.3 Å². The molecule has 0 bridgehead atoms. The van der Waals surface area contributed by atoms with Gasteiger partial charge in [-0.1, -0.05) is 25.6 Å². The number of likely N-dealkylation sites (N-methyl/N-ethyl adjacent to an activating group) is 1. The van der Waals surface area contributed by atoms with E-state index < -0.39 is 5.97 Å². The number of ether oxygens (including phenoxy) is 1. The molecule has 1 atom stereocenters. The quantitative estimate of drug-likeness (QED) is 0.308. The summed E-state index contributed by atoms with van der Waals surface area (Å²) in [5.74, 6) is -0.254. The minimum Gasteiger partial charge on any atom is -0.492 e. The minimum absolute atomic E-state index is 0.189. The van der Waals surface area contributed by atoms with Crippen molar-refractivity contribution in [2.75, 3.05) is 20.2 Å². The summed E-state index contributed by atoms with van der Waals surface area (Å²) in [6.45, 7) is 6.92. The van der Waals surface area contributed by atoms with Crippen LogP contribution in [0.2, 0.25) is 0 Å². The van der Waals surface area contributed by atoms with Gasteiger partial charge in [-0.25, -0.2) is 4.79 Å². The highest BCUT2D eigenvalue weighted by atomic mass is 16.5. The van der Waals surface area contributed by atoms with Crippen LogP contribution in [0.1, 0.15) is 30.1 Å². The lowest BCUT2D eigenvalue weighted by atomic mass is 10.0. The smallest absolute Gasteiger partial charge is 0.339 e. The Morgan fingerprint density at radius 1 is 1.44 bits per heavy atom. The molecule has 0 saturated heterocycles. The minimum atomic E-state index is -0.979. The van der Waals surface area contributed by atoms with Gasteiger partial charge in [-0.05, 0) is 37.0 Å². The summed E-state index contributed by atoms with van der Waals surface area (Å²) in [4.78, 5) is 15.5. The van der Waals surface area contributed by atoms with Crippen LogP contribution in [-0.2, 0) is 0 Å². The van der Waals surface area contributed by atoms with E-state index in [1.807, 2.05) is 7.05 Å². The van der Waals surface area contributed by atoms with Crippen molar-refractivity contribution in [3.05, 3.63) is 54.4 Å². The van der Waals surface area contributed by atoms with Crippen molar-refractivity contribution < 1.29 is 14.6 Å². The molecule has 1 aromatic rings. The maximum atomic E-state index is 11.2. The summed E-state index contributed by atoms with van der Waals surface area (Å²) in [7, 11) is 1.82. The lowest BCUT2D eigenvalue weighted by molar-refractivity contribution is 0.0691. The number of allylic oxidation sites excluding steroid dienone is 1. The maximum absolute atomic E-state index is 11.2. The molecule has 0 aliphatic rings. The van der Waals surface area contributed by atoms with Gasteiger partial charge in [0.15, 0.2) is 0 Å². The third-order valence-corrected chi connectivity index (χ3v) is 3.75. The predicted octanol–water partition coefficient (Wildman–Crippen LogP) is 3.04. The summed E-state index contributed by atoms with van der Waals surface area (Å²) in [5.41, 5.74) is 1.07. The molecule has 0 aliphatic heterocycles. The molecule has 0 amide bonds. The number of carboxylic acids is 1. The van der Waals surface area contributed by atoms with Crippen molar-refractivity contribution in [2.45, 2.75) is 19.8 Å². The Labute approximate surface area is 149 Å². The Morgan fingerprint density at radius 2 is 2.20 bits per heavy atom. The number of para-hydroxylation sites is 1. The molecule has 0 saturated carbocycles. The number of carbonyl (C=O) groups is 1. The van der Waals surface area contributed by atoms with E-state index in [1.165, 1.54) is 0 Å². The van der Waals surface area contributed by atoms with Crippen LogP contribution in [0.25, 0.3) is 0 Å². The van der Waals surface area contributed by atoms with E-state index in [-0.39, 0.29) is 5.56 Å². The Balaban J connectivity index is 2.41. The summed E-state index contributed by atoms with van der Waals surface area (Å²) in [5, 5.41) is 15.1. The fourth-order valence-corrected chi connectivity index (χ4v) is 2.12. The average molecular weight is 345 g/mol. The van der Waals surface area contributed by atoms with Crippen LogP contribution in [0, 0.1) is 5.92 Å². The second-order valence-electron chi connectivity index (χ2n) is 5.43. The van der Waals surface area contributed by atoms with Gasteiger partial charge in [-0.3, -0.25) is 4.99 Å². The van der Waals surface area contributed by atoms with Crippen molar-refractivity contribution in [1.29, 1.82) is 0 Å². The highest BCUT2D eigenvalue weighted by Gasteiger charge is 2.12. The molecule has 6 heteroatoms. The largest absolute Gasteiger partial charge is 0.492 e. The lowest BCUT2D eigenvalue weighted by Crippen LogP contribution is -2.14. The number of benzene rings is 1. The number of hydrogen-bond acceptors (Lipinski definition) is 4. The second-order valence-corrected chi connectivity index (χ2v) is 5.43. The highest BCUT2D eigenvalue weighted by Crippen LogP contribution is 2.20. The number of hydrogen-bond donors (Lipinski definition) is 3. The molecular weight excluding hydrogens is 318 g/mol. The van der Waals surface area contributed by atoms with Crippen LogP contribution in [0.5, 0.6) is 5.75 Å². The molecule has 0 aliphatic carbocycles. The summed E-state index contributed by atoms with van der Waals surface area (Å²) < 4.78 is 5.71. The van der Waals surface area contributed by atoms with Gasteiger partial charge in [-0.15, -0.1) is 0 Å². The van der Waals surface area contributed by atoms with Gasteiger partial charge in [0, 0.05) is 25.5 Å². The van der Waals surface area contributed by atoms with Gasteiger partial charge in [0.05, 0.1) is 12.9 Å². The molecule has 6 nitrogen and oxygen atoms in total. The van der Waals surface area contributed by atoms with E-state index in [2.05, 4.69) is 29.1 Å². The van der Waals surface area contributed by atoms with Crippen molar-refractivity contribution in [1.82, 2.24) is 10.6 Å². The highest BCUT2D eigenvalue weighted by molar-refractivity contribution is 5.90. The molecule has 1 aromatic carbocycles. The van der Waals surface area contributed by atoms with E-state index in [1.54, 1.807) is 42.9 Å². The molecule has 1 unspecified atom stereocenters. The molecule has 0 fully saturated rings. The molecule has 136 valence electrons. The van der Waals surface area contributed by atoms with Gasteiger partial charge >= 0.3 is 5.97 Å². The SMILES string of the molecule is C=C/C(=C\NC=NCCC(CC)COc1ccccc1C(=O)O)NC. The van der Waals surface area contributed by atoms with Gasteiger partial charge in [0.25, 0.3) is 0 Å². The maximum Gasteiger partial charge on any atom is 0.339 e. The summed E-state index contributed by atoms with van der Waals surface area (Å²) in [6.07, 6.45) is 6.95. The average Bonchev–Trinajstić information content (AvgIpc) is 2.63. The van der Waals surface area contributed by atoms with E-state index in [4.69, 9.17) is 9.84 Å². The zero-order valence-electron chi connectivity index (χ0n) is 14.9. The van der Waals surface area contributed by atoms with Crippen LogP contribution in [0.3, 0.4) is 0 Å². The number of nitrogens with zero attached hydrogens (tertiary/aromatic N) is 1. The van der Waals surface area contributed by atoms with Crippen LogP contribution >= 0.6 is 0 Å². The van der Waals surface area contributed by atoms with E-state index in [0.29, 0.717) is 24.8 Å². The summed E-state index contributed by atoms with van der Waals surface area (Å²) >= 11 is 0. The second kappa shape index (κ2) is 11.7. The number of carboxylic acid groups (broad SMARTS) is 1. The zero-order chi connectivity index (χ0) is 18.5. The first-order valence-corrected chi connectivity index (χ1v) is 8.32. The predicted molar refractivity (Wildman–Crippen MR) is 101 cm³/mol. The molecule has 3 N–H and O–H groups in total. The van der Waals surface area contributed by atoms with Crippen molar-refractivity contribution in [2.24, 2.45) is 10.9 Å². The lowest BCUT2D eigenvalue weighted by Gasteiger charge is -2.16. The van der Waals surface area contributed by atoms with Crippen molar-refractivity contribution >= 4 is 12.3 Å². The van der Waals surface area contributed by atoms with Crippen LogP contribution < -0.4 is 15.4 Å². The number of aliphatic imine (C=N–C) groups is 1. The molecule has 0 aromatic heterocycles. The number of rotatable bonds is 12. The Hall–Kier alpha value is -2.76. The standard InChI is InChI=1S/C19H27N3O3/c1-4-15(10-11-21-14-22-12-16(5-2)20-3)13-25-18-9-7-6-8-17(18)19(23)24/h5-9,12,14-15,20H,2,4,10-11,13H2,1,3H3,(H,21,22)(H,23,24)/b16-12+. The molecule has 0 spiro atoms. The first kappa shape index (κ1) is 20.3. The molecule has 1 rings (SSSR count). The number of aromatic carboxylic acids is 1. The summed E-state index contributed by atoms with van der Waals surface area (Å²) in [6, 6.07) is 6.69. The molecular formula is C19H27N3O3. The Kier molecular flexibility index (Phi) is 9.51. The topological polar surface area (TPSA) is 83.0 Å². The monoisotopic (exact) mass is 345 g/mol. The van der Waals surface area contributed by atoms with E-state index in [9.17, 15) is 4.79 Å². The van der Waals surface area contributed by atoms with E-state index in [0.717, 1.165) is 18.5 Å². The van der Waals surface area contributed by atoms with Crippen molar-refractivity contribution in [3.63, 3.8) is 0 Å². The first-order valence-electron chi connectivity index (χ1n) is 8.32. The molecule has 0 radical (unpaired) electrons. The fourth-order valence-electron chi connectivity index (χ4n) is 2.12. The van der Waals surface area contributed by atoms with Gasteiger partial charge in [0.2, 0.25) is 0 Å². The molecule has 25 heavy (non-hydrogen) atoms. The third kappa shape index (κ3) is 7.56. The third-order valence-electron chi connectivity index (χ3n) is 3.75. The number of nitrogens with one attached hydrogen (secondary N) is 2.